The van der Waals surface area contributed by atoms with Crippen LogP contribution in [0, 0.1) is 11.3 Å². The summed E-state index contributed by atoms with van der Waals surface area (Å²) >= 11 is 0. The van der Waals surface area contributed by atoms with Gasteiger partial charge in [-0.25, -0.2) is 0 Å². The third kappa shape index (κ3) is 2.36. The summed E-state index contributed by atoms with van der Waals surface area (Å²) in [6.45, 7) is 2.00. The average molecular weight is 228 g/mol. The monoisotopic (exact) mass is 228 g/mol. The molecule has 0 bridgehead atoms. The van der Waals surface area contributed by atoms with Crippen LogP contribution in [-0.4, -0.2) is 26.2 Å². The number of esters is 2. The number of hydrogen-bond donors (Lipinski definition) is 0. The molecule has 92 valence electrons. The van der Waals surface area contributed by atoms with Gasteiger partial charge in [0.1, 0.15) is 0 Å². The van der Waals surface area contributed by atoms with E-state index in [-0.39, 0.29) is 23.3 Å². The molecule has 0 spiro atoms. The highest BCUT2D eigenvalue weighted by atomic mass is 16.5. The van der Waals surface area contributed by atoms with Crippen LogP contribution in [0.5, 0.6) is 0 Å². The van der Waals surface area contributed by atoms with E-state index < -0.39 is 0 Å². The fourth-order valence-corrected chi connectivity index (χ4v) is 2.49. The van der Waals surface area contributed by atoms with Crippen LogP contribution in [0.15, 0.2) is 0 Å². The van der Waals surface area contributed by atoms with Crippen LogP contribution in [0.3, 0.4) is 0 Å². The molecule has 0 amide bonds. The minimum Gasteiger partial charge on any atom is -0.469 e. The third-order valence-corrected chi connectivity index (χ3v) is 3.77. The number of rotatable bonds is 3. The first-order valence-electron chi connectivity index (χ1n) is 5.76. The van der Waals surface area contributed by atoms with E-state index in [4.69, 9.17) is 9.47 Å². The van der Waals surface area contributed by atoms with Gasteiger partial charge in [0, 0.05) is 0 Å². The molecular formula is C12H20O4. The summed E-state index contributed by atoms with van der Waals surface area (Å²) in [5.74, 6) is -0.345. The molecule has 0 aromatic carbocycles. The molecule has 1 saturated carbocycles. The lowest BCUT2D eigenvalue weighted by atomic mass is 9.69. The molecule has 0 heterocycles. The summed E-state index contributed by atoms with van der Waals surface area (Å²) in [6.07, 6.45) is 3.64. The van der Waals surface area contributed by atoms with Crippen LogP contribution in [-0.2, 0) is 19.1 Å². The fraction of sp³-hybridized carbons (Fsp3) is 0.833. The SMILES string of the molecule is CC[C@]1(C(=O)OC)CC[C@H](C(=O)OC)CC1. The molecule has 0 radical (unpaired) electrons. The van der Waals surface area contributed by atoms with Crippen molar-refractivity contribution >= 4 is 11.9 Å². The molecule has 4 heteroatoms. The van der Waals surface area contributed by atoms with Gasteiger partial charge in [0.25, 0.3) is 0 Å². The van der Waals surface area contributed by atoms with Gasteiger partial charge in [0.2, 0.25) is 0 Å². The first-order chi connectivity index (χ1) is 7.59. The second-order valence-corrected chi connectivity index (χ2v) is 4.42. The zero-order valence-corrected chi connectivity index (χ0v) is 10.2. The molecular weight excluding hydrogens is 208 g/mol. The molecule has 0 aromatic heterocycles. The van der Waals surface area contributed by atoms with E-state index in [1.807, 2.05) is 6.92 Å². The van der Waals surface area contributed by atoms with Gasteiger partial charge in [0.05, 0.1) is 25.6 Å². The van der Waals surface area contributed by atoms with Crippen molar-refractivity contribution in [2.45, 2.75) is 39.0 Å². The molecule has 1 aliphatic rings. The predicted octanol–water partition coefficient (Wildman–Crippen LogP) is 1.92. The van der Waals surface area contributed by atoms with Crippen LogP contribution < -0.4 is 0 Å². The zero-order chi connectivity index (χ0) is 12.2. The number of hydrogen-bond acceptors (Lipinski definition) is 4. The van der Waals surface area contributed by atoms with Crippen molar-refractivity contribution in [2.24, 2.45) is 11.3 Å². The first kappa shape index (κ1) is 13.0. The van der Waals surface area contributed by atoms with Crippen molar-refractivity contribution in [3.63, 3.8) is 0 Å². The molecule has 16 heavy (non-hydrogen) atoms. The molecule has 0 atom stereocenters. The third-order valence-electron chi connectivity index (χ3n) is 3.77. The highest BCUT2D eigenvalue weighted by Crippen LogP contribution is 2.42. The Morgan fingerprint density at radius 3 is 2.12 bits per heavy atom. The second-order valence-electron chi connectivity index (χ2n) is 4.42. The van der Waals surface area contributed by atoms with Crippen molar-refractivity contribution in [3.05, 3.63) is 0 Å². The summed E-state index contributed by atoms with van der Waals surface area (Å²) in [5.41, 5.74) is -0.376. The number of carbonyl (C=O) groups excluding carboxylic acids is 2. The molecule has 4 nitrogen and oxygen atoms in total. The quantitative estimate of drug-likeness (QED) is 0.692. The number of methoxy groups -OCH3 is 2. The standard InChI is InChI=1S/C12H20O4/c1-4-12(11(14)16-3)7-5-9(6-8-12)10(13)15-2/h9H,4-8H2,1-3H3/t9-,12-. The summed E-state index contributed by atoms with van der Waals surface area (Å²) < 4.78 is 9.57. The van der Waals surface area contributed by atoms with Gasteiger partial charge >= 0.3 is 11.9 Å². The lowest BCUT2D eigenvalue weighted by Gasteiger charge is -2.36. The molecule has 1 fully saturated rings. The fourth-order valence-electron chi connectivity index (χ4n) is 2.49. The molecule has 0 unspecified atom stereocenters. The van der Waals surface area contributed by atoms with Crippen molar-refractivity contribution in [3.8, 4) is 0 Å². The summed E-state index contributed by atoms with van der Waals surface area (Å²) in [4.78, 5) is 23.1. The molecule has 0 saturated heterocycles. The Labute approximate surface area is 96.3 Å². The Bertz CT molecular complexity index is 264. The second kappa shape index (κ2) is 5.32. The van der Waals surface area contributed by atoms with Gasteiger partial charge in [-0.2, -0.15) is 0 Å². The van der Waals surface area contributed by atoms with Gasteiger partial charge in [-0.15, -0.1) is 0 Å². The van der Waals surface area contributed by atoms with Crippen LogP contribution >= 0.6 is 0 Å². The number of ether oxygens (including phenoxy) is 2. The van der Waals surface area contributed by atoms with Crippen LogP contribution in [0.2, 0.25) is 0 Å². The highest BCUT2D eigenvalue weighted by Gasteiger charge is 2.42. The number of carbonyl (C=O) groups is 2. The molecule has 0 aliphatic heterocycles. The maximum absolute atomic E-state index is 11.7. The molecule has 1 rings (SSSR count). The van der Waals surface area contributed by atoms with Crippen molar-refractivity contribution in [1.29, 1.82) is 0 Å². The predicted molar refractivity (Wildman–Crippen MR) is 58.7 cm³/mol. The Kier molecular flexibility index (Phi) is 4.33. The normalized spacial score (nSPS) is 29.6. The molecule has 1 aliphatic carbocycles. The van der Waals surface area contributed by atoms with Gasteiger partial charge in [-0.3, -0.25) is 9.59 Å². The Morgan fingerprint density at radius 1 is 1.19 bits per heavy atom. The van der Waals surface area contributed by atoms with E-state index in [1.165, 1.54) is 14.2 Å². The van der Waals surface area contributed by atoms with E-state index >= 15 is 0 Å². The van der Waals surface area contributed by atoms with Crippen molar-refractivity contribution in [1.82, 2.24) is 0 Å². The van der Waals surface area contributed by atoms with Crippen LogP contribution in [0.25, 0.3) is 0 Å². The maximum Gasteiger partial charge on any atom is 0.311 e. The Morgan fingerprint density at radius 2 is 1.75 bits per heavy atom. The van der Waals surface area contributed by atoms with E-state index in [9.17, 15) is 9.59 Å². The molecule has 0 aromatic rings. The van der Waals surface area contributed by atoms with Crippen LogP contribution in [0.4, 0.5) is 0 Å². The smallest absolute Gasteiger partial charge is 0.311 e. The highest BCUT2D eigenvalue weighted by molar-refractivity contribution is 5.78. The minimum atomic E-state index is -0.376. The van der Waals surface area contributed by atoms with Gasteiger partial charge < -0.3 is 9.47 Å². The summed E-state index contributed by atoms with van der Waals surface area (Å²) in [7, 11) is 2.83. The minimum absolute atomic E-state index is 0.0469. The zero-order valence-electron chi connectivity index (χ0n) is 10.2. The van der Waals surface area contributed by atoms with Gasteiger partial charge in [-0.05, 0) is 32.1 Å². The lowest BCUT2D eigenvalue weighted by molar-refractivity contribution is -0.159. The van der Waals surface area contributed by atoms with Crippen molar-refractivity contribution < 1.29 is 19.1 Å². The largest absolute Gasteiger partial charge is 0.469 e. The van der Waals surface area contributed by atoms with Gasteiger partial charge in [0.15, 0.2) is 0 Å². The van der Waals surface area contributed by atoms with Crippen molar-refractivity contribution in [2.75, 3.05) is 14.2 Å². The van der Waals surface area contributed by atoms with E-state index in [1.54, 1.807) is 0 Å². The van der Waals surface area contributed by atoms with Gasteiger partial charge in [-0.1, -0.05) is 6.92 Å². The van der Waals surface area contributed by atoms with Crippen LogP contribution in [0.1, 0.15) is 39.0 Å². The molecule has 0 N–H and O–H groups in total. The topological polar surface area (TPSA) is 52.6 Å². The summed E-state index contributed by atoms with van der Waals surface area (Å²) in [6, 6.07) is 0. The van der Waals surface area contributed by atoms with E-state index in [0.29, 0.717) is 0 Å². The average Bonchev–Trinajstić information content (AvgIpc) is 2.36. The van der Waals surface area contributed by atoms with E-state index in [2.05, 4.69) is 0 Å². The Balaban J connectivity index is 2.64. The summed E-state index contributed by atoms with van der Waals surface area (Å²) in [5, 5.41) is 0. The Hall–Kier alpha value is -1.06. The first-order valence-corrected chi connectivity index (χ1v) is 5.76. The maximum atomic E-state index is 11.7. The van der Waals surface area contributed by atoms with E-state index in [0.717, 1.165) is 32.1 Å². The lowest BCUT2D eigenvalue weighted by Crippen LogP contribution is -2.37.